The van der Waals surface area contributed by atoms with Gasteiger partial charge in [0.15, 0.2) is 0 Å². The number of hydrogen-bond acceptors (Lipinski definition) is 6. The zero-order chi connectivity index (χ0) is 32.2. The van der Waals surface area contributed by atoms with Gasteiger partial charge in [-0.1, -0.05) is 24.0 Å². The number of aromatic nitrogens is 3. The number of rotatable bonds is 10. The number of imidazole rings is 1. The highest BCUT2D eigenvalue weighted by molar-refractivity contribution is 5.92. The molecule has 3 heterocycles. The third-order valence-electron chi connectivity index (χ3n) is 7.71. The minimum Gasteiger partial charge on any atom is -0.478 e. The first-order valence-electron chi connectivity index (χ1n) is 14.6. The second kappa shape index (κ2) is 13.4. The molecule has 0 amide bonds. The molecule has 5 aromatic rings. The Morgan fingerprint density at radius 3 is 2.57 bits per heavy atom. The first-order chi connectivity index (χ1) is 22.3. The molecule has 0 atom stereocenters. The van der Waals surface area contributed by atoms with Gasteiger partial charge in [0, 0.05) is 61.8 Å². The molecule has 0 spiro atoms. The molecular weight excluding hydrogens is 597 g/mol. The number of halogens is 3. The van der Waals surface area contributed by atoms with Gasteiger partial charge in [0.25, 0.3) is 0 Å². The van der Waals surface area contributed by atoms with Crippen molar-refractivity contribution >= 4 is 17.0 Å². The van der Waals surface area contributed by atoms with E-state index >= 15 is 8.78 Å². The van der Waals surface area contributed by atoms with E-state index in [0.29, 0.717) is 41.1 Å². The molecule has 1 fully saturated rings. The predicted molar refractivity (Wildman–Crippen MR) is 165 cm³/mol. The van der Waals surface area contributed by atoms with Gasteiger partial charge in [-0.05, 0) is 54.1 Å². The number of pyridine rings is 1. The summed E-state index contributed by atoms with van der Waals surface area (Å²) in [7, 11) is 1.53. The molecular formula is C35H29F3N4O4. The highest BCUT2D eigenvalue weighted by atomic mass is 19.1. The Bertz CT molecular complexity index is 2000. The van der Waals surface area contributed by atoms with Crippen molar-refractivity contribution in [2.24, 2.45) is 5.92 Å². The standard InChI is InChI=1S/C35H29F3N4O4/c1-45-12-11-42-32-15-23(35(43)44)9-10-31(32)40-33(42)16-25-14-29(38)26(17-28(25)37)30-3-2-4-34(41-30)46-20-24-8-7-21(13-27(24)36)5-6-22-18-39-19-22/h2-4,7-10,13-15,17,22,39H,11-12,16,18-20H2,1H3,(H,43,44). The number of nitrogens with zero attached hydrogens (tertiary/aromatic N) is 3. The van der Waals surface area contributed by atoms with Crippen molar-refractivity contribution in [3.05, 3.63) is 112 Å². The van der Waals surface area contributed by atoms with Gasteiger partial charge in [0.05, 0.1) is 28.9 Å². The number of methoxy groups -OCH3 is 1. The summed E-state index contributed by atoms with van der Waals surface area (Å²) in [5.41, 5.74) is 2.19. The van der Waals surface area contributed by atoms with Gasteiger partial charge in [-0.25, -0.2) is 27.9 Å². The number of aromatic carboxylic acids is 1. The van der Waals surface area contributed by atoms with Crippen molar-refractivity contribution in [2.75, 3.05) is 26.8 Å². The summed E-state index contributed by atoms with van der Waals surface area (Å²) >= 11 is 0. The third kappa shape index (κ3) is 6.73. The van der Waals surface area contributed by atoms with Crippen LogP contribution >= 0.6 is 0 Å². The Morgan fingerprint density at radius 2 is 1.83 bits per heavy atom. The quantitative estimate of drug-likeness (QED) is 0.195. The van der Waals surface area contributed by atoms with Crippen molar-refractivity contribution < 1.29 is 32.5 Å². The second-order valence-electron chi connectivity index (χ2n) is 10.9. The fourth-order valence-electron chi connectivity index (χ4n) is 5.08. The molecule has 0 radical (unpaired) electrons. The average molecular weight is 627 g/mol. The lowest BCUT2D eigenvalue weighted by Crippen LogP contribution is -2.40. The molecule has 0 bridgehead atoms. The summed E-state index contributed by atoms with van der Waals surface area (Å²) in [6.07, 6.45) is -0.0475. The van der Waals surface area contributed by atoms with Crippen LogP contribution in [0.15, 0.2) is 66.7 Å². The molecule has 11 heteroatoms. The van der Waals surface area contributed by atoms with Crippen LogP contribution in [0.1, 0.15) is 32.9 Å². The number of ether oxygens (including phenoxy) is 2. The topological polar surface area (TPSA) is 98.5 Å². The summed E-state index contributed by atoms with van der Waals surface area (Å²) in [4.78, 5) is 20.4. The van der Waals surface area contributed by atoms with E-state index in [-0.39, 0.29) is 47.2 Å². The van der Waals surface area contributed by atoms with Gasteiger partial charge in [-0.3, -0.25) is 0 Å². The van der Waals surface area contributed by atoms with Crippen molar-refractivity contribution in [3.63, 3.8) is 0 Å². The lowest BCUT2D eigenvalue weighted by atomic mass is 10.0. The summed E-state index contributed by atoms with van der Waals surface area (Å²) in [6, 6.07) is 16.1. The van der Waals surface area contributed by atoms with Crippen LogP contribution in [-0.4, -0.2) is 52.4 Å². The molecule has 0 saturated carbocycles. The molecule has 3 aromatic carbocycles. The minimum atomic E-state index is -1.08. The van der Waals surface area contributed by atoms with E-state index in [2.05, 4.69) is 27.1 Å². The fourth-order valence-corrected chi connectivity index (χ4v) is 5.08. The Labute approximate surface area is 262 Å². The molecule has 2 N–H and O–H groups in total. The second-order valence-corrected chi connectivity index (χ2v) is 10.9. The van der Waals surface area contributed by atoms with E-state index in [0.717, 1.165) is 25.2 Å². The number of carboxylic acids is 1. The number of carbonyl (C=O) groups is 1. The molecule has 1 aliphatic rings. The van der Waals surface area contributed by atoms with Crippen LogP contribution in [0.4, 0.5) is 13.2 Å². The highest BCUT2D eigenvalue weighted by Gasteiger charge is 2.19. The van der Waals surface area contributed by atoms with Crippen molar-refractivity contribution in [3.8, 4) is 29.0 Å². The van der Waals surface area contributed by atoms with Crippen LogP contribution < -0.4 is 10.1 Å². The van der Waals surface area contributed by atoms with Crippen LogP contribution in [0.25, 0.3) is 22.3 Å². The van der Waals surface area contributed by atoms with Crippen LogP contribution in [0.2, 0.25) is 0 Å². The van der Waals surface area contributed by atoms with E-state index in [1.165, 1.54) is 31.4 Å². The first-order valence-corrected chi connectivity index (χ1v) is 14.6. The summed E-state index contributed by atoms with van der Waals surface area (Å²) in [5, 5.41) is 12.6. The van der Waals surface area contributed by atoms with E-state index < -0.39 is 23.4 Å². The lowest BCUT2D eigenvalue weighted by Gasteiger charge is -2.21. The number of hydrogen-bond donors (Lipinski definition) is 2. The maximum Gasteiger partial charge on any atom is 0.335 e. The maximum atomic E-state index is 15.5. The monoisotopic (exact) mass is 626 g/mol. The maximum absolute atomic E-state index is 15.5. The molecule has 2 aromatic heterocycles. The third-order valence-corrected chi connectivity index (χ3v) is 7.71. The highest BCUT2D eigenvalue weighted by Crippen LogP contribution is 2.28. The Hall–Kier alpha value is -5.18. The lowest BCUT2D eigenvalue weighted by molar-refractivity contribution is 0.0697. The van der Waals surface area contributed by atoms with Gasteiger partial charge in [-0.2, -0.15) is 0 Å². The molecule has 0 aliphatic carbocycles. The number of carboxylic acid groups (broad SMARTS) is 1. The molecule has 0 unspecified atom stereocenters. The van der Waals surface area contributed by atoms with Crippen molar-refractivity contribution in [1.82, 2.24) is 19.9 Å². The van der Waals surface area contributed by atoms with Gasteiger partial charge in [0.1, 0.15) is 29.9 Å². The van der Waals surface area contributed by atoms with Crippen LogP contribution in [0.5, 0.6) is 5.88 Å². The molecule has 234 valence electrons. The fraction of sp³-hybridized carbons (Fsp3) is 0.229. The first kappa shape index (κ1) is 30.8. The predicted octanol–water partition coefficient (Wildman–Crippen LogP) is 5.60. The SMILES string of the molecule is COCCn1c(Cc2cc(F)c(-c3cccc(OCc4ccc(C#CC5CNC5)cc4F)n3)cc2F)nc2ccc(C(=O)O)cc21. The Balaban J connectivity index is 1.20. The summed E-state index contributed by atoms with van der Waals surface area (Å²) < 4.78 is 58.3. The van der Waals surface area contributed by atoms with E-state index in [4.69, 9.17) is 9.47 Å². The molecule has 6 rings (SSSR count). The number of nitrogens with one attached hydrogen (secondary N) is 1. The largest absolute Gasteiger partial charge is 0.478 e. The zero-order valence-electron chi connectivity index (χ0n) is 24.8. The van der Waals surface area contributed by atoms with Crippen LogP contribution in [0.3, 0.4) is 0 Å². The number of fused-ring (bicyclic) bond motifs is 1. The molecule has 46 heavy (non-hydrogen) atoms. The summed E-state index contributed by atoms with van der Waals surface area (Å²) in [6.45, 7) is 2.21. The number of benzene rings is 3. The van der Waals surface area contributed by atoms with E-state index in [9.17, 15) is 14.3 Å². The summed E-state index contributed by atoms with van der Waals surface area (Å²) in [5.74, 6) is 4.00. The van der Waals surface area contributed by atoms with Gasteiger partial charge in [0.2, 0.25) is 5.88 Å². The van der Waals surface area contributed by atoms with Crippen molar-refractivity contribution in [1.29, 1.82) is 0 Å². The average Bonchev–Trinajstić information content (AvgIpc) is 3.36. The molecule has 1 saturated heterocycles. The van der Waals surface area contributed by atoms with Gasteiger partial charge < -0.3 is 24.5 Å². The zero-order valence-corrected chi connectivity index (χ0v) is 24.8. The minimum absolute atomic E-state index is 0.0475. The smallest absolute Gasteiger partial charge is 0.335 e. The van der Waals surface area contributed by atoms with Crippen LogP contribution in [0, 0.1) is 35.2 Å². The molecule has 8 nitrogen and oxygen atoms in total. The van der Waals surface area contributed by atoms with E-state index in [1.54, 1.807) is 34.9 Å². The van der Waals surface area contributed by atoms with Crippen molar-refractivity contribution in [2.45, 2.75) is 19.6 Å². The van der Waals surface area contributed by atoms with Crippen LogP contribution in [-0.2, 0) is 24.3 Å². The normalized spacial score (nSPS) is 12.9. The van der Waals surface area contributed by atoms with Gasteiger partial charge >= 0.3 is 5.97 Å². The Morgan fingerprint density at radius 1 is 1.00 bits per heavy atom. The molecule has 1 aliphatic heterocycles. The van der Waals surface area contributed by atoms with Gasteiger partial charge in [-0.15, -0.1) is 0 Å². The van der Waals surface area contributed by atoms with E-state index in [1.807, 2.05) is 0 Å². The Kier molecular flexibility index (Phi) is 9.01.